The number of rotatable bonds is 5. The quantitative estimate of drug-likeness (QED) is 0.869. The van der Waals surface area contributed by atoms with E-state index in [1.54, 1.807) is 12.1 Å². The number of halogens is 3. The van der Waals surface area contributed by atoms with Gasteiger partial charge in [0.15, 0.2) is 6.61 Å². The van der Waals surface area contributed by atoms with E-state index in [1.807, 2.05) is 0 Å². The van der Waals surface area contributed by atoms with Crippen molar-refractivity contribution < 1.29 is 27.5 Å². The summed E-state index contributed by atoms with van der Waals surface area (Å²) in [5, 5.41) is 4.77. The van der Waals surface area contributed by atoms with Gasteiger partial charge in [-0.2, -0.15) is 13.2 Å². The van der Waals surface area contributed by atoms with Gasteiger partial charge in [0.05, 0.1) is 11.1 Å². The second kappa shape index (κ2) is 7.69. The molecule has 8 heteroatoms. The monoisotopic (exact) mass is 352 g/mol. The van der Waals surface area contributed by atoms with Crippen molar-refractivity contribution in [1.29, 1.82) is 0 Å². The van der Waals surface area contributed by atoms with Crippen LogP contribution in [0.15, 0.2) is 48.5 Å². The van der Waals surface area contributed by atoms with Crippen LogP contribution in [0.25, 0.3) is 0 Å². The highest BCUT2D eigenvalue weighted by Gasteiger charge is 2.30. The molecule has 0 aliphatic carbocycles. The Labute approximate surface area is 141 Å². The van der Waals surface area contributed by atoms with Crippen molar-refractivity contribution in [2.24, 2.45) is 0 Å². The van der Waals surface area contributed by atoms with Gasteiger partial charge in [0.1, 0.15) is 5.75 Å². The van der Waals surface area contributed by atoms with Crippen LogP contribution < -0.4 is 15.4 Å². The zero-order valence-electron chi connectivity index (χ0n) is 13.2. The molecule has 0 saturated heterocycles. The molecule has 2 aromatic carbocycles. The normalized spacial score (nSPS) is 10.9. The van der Waals surface area contributed by atoms with Crippen molar-refractivity contribution in [1.82, 2.24) is 5.32 Å². The first-order chi connectivity index (χ1) is 11.8. The van der Waals surface area contributed by atoms with Crippen LogP contribution in [0.1, 0.15) is 15.9 Å². The van der Waals surface area contributed by atoms with E-state index in [2.05, 4.69) is 10.6 Å². The standard InChI is InChI=1S/C17H15F3N2O3/c1-21-16(24)13-7-2-3-8-14(13)25-10-15(23)22-12-6-4-5-11(9-12)17(18,19)20/h2-9H,10H2,1H3,(H,21,24)(H,22,23). The van der Waals surface area contributed by atoms with E-state index in [1.165, 1.54) is 31.3 Å². The summed E-state index contributed by atoms with van der Waals surface area (Å²) in [4.78, 5) is 23.6. The molecule has 2 N–H and O–H groups in total. The summed E-state index contributed by atoms with van der Waals surface area (Å²) in [5.74, 6) is -0.832. The van der Waals surface area contributed by atoms with Crippen molar-refractivity contribution >= 4 is 17.5 Å². The van der Waals surface area contributed by atoms with Crippen LogP contribution in [0.3, 0.4) is 0 Å². The molecule has 25 heavy (non-hydrogen) atoms. The molecule has 0 bridgehead atoms. The zero-order valence-corrected chi connectivity index (χ0v) is 13.2. The van der Waals surface area contributed by atoms with Crippen molar-refractivity contribution in [3.8, 4) is 5.75 Å². The Balaban J connectivity index is 2.02. The molecule has 0 saturated carbocycles. The average Bonchev–Trinajstić information content (AvgIpc) is 2.59. The number of alkyl halides is 3. The fourth-order valence-electron chi connectivity index (χ4n) is 2.03. The van der Waals surface area contributed by atoms with E-state index in [4.69, 9.17) is 4.74 Å². The number of para-hydroxylation sites is 1. The molecule has 0 fully saturated rings. The molecule has 2 aromatic rings. The van der Waals surface area contributed by atoms with Crippen molar-refractivity contribution in [3.63, 3.8) is 0 Å². The third kappa shape index (κ3) is 4.97. The molecule has 0 unspecified atom stereocenters. The van der Waals surface area contributed by atoms with Crippen molar-refractivity contribution in [3.05, 3.63) is 59.7 Å². The van der Waals surface area contributed by atoms with Crippen LogP contribution in [0, 0.1) is 0 Å². The van der Waals surface area contributed by atoms with Crippen LogP contribution in [-0.2, 0) is 11.0 Å². The number of carbonyl (C=O) groups is 2. The maximum absolute atomic E-state index is 12.7. The van der Waals surface area contributed by atoms with Crippen molar-refractivity contribution in [2.45, 2.75) is 6.18 Å². The lowest BCUT2D eigenvalue weighted by atomic mass is 10.2. The average molecular weight is 352 g/mol. The molecular weight excluding hydrogens is 337 g/mol. The lowest BCUT2D eigenvalue weighted by Crippen LogP contribution is -2.23. The third-order valence-electron chi connectivity index (χ3n) is 3.19. The summed E-state index contributed by atoms with van der Waals surface area (Å²) in [6, 6.07) is 10.6. The molecule has 2 amide bonds. The number of hydrogen-bond acceptors (Lipinski definition) is 3. The fourth-order valence-corrected chi connectivity index (χ4v) is 2.03. The number of ether oxygens (including phenoxy) is 1. The van der Waals surface area contributed by atoms with Gasteiger partial charge in [-0.3, -0.25) is 9.59 Å². The highest BCUT2D eigenvalue weighted by atomic mass is 19.4. The Kier molecular flexibility index (Phi) is 5.63. The van der Waals surface area contributed by atoms with E-state index in [0.717, 1.165) is 12.1 Å². The van der Waals surface area contributed by atoms with E-state index in [0.29, 0.717) is 0 Å². The van der Waals surface area contributed by atoms with Crippen LogP contribution in [0.2, 0.25) is 0 Å². The predicted octanol–water partition coefficient (Wildman–Crippen LogP) is 3.08. The first kappa shape index (κ1) is 18.3. The van der Waals surface area contributed by atoms with Gasteiger partial charge in [-0.1, -0.05) is 18.2 Å². The van der Waals surface area contributed by atoms with Gasteiger partial charge in [-0.25, -0.2) is 0 Å². The van der Waals surface area contributed by atoms with Gasteiger partial charge < -0.3 is 15.4 Å². The van der Waals surface area contributed by atoms with Gasteiger partial charge in [0.25, 0.3) is 11.8 Å². The SMILES string of the molecule is CNC(=O)c1ccccc1OCC(=O)Nc1cccc(C(F)(F)F)c1. The summed E-state index contributed by atoms with van der Waals surface area (Å²) in [6.45, 7) is -0.454. The Morgan fingerprint density at radius 1 is 1.08 bits per heavy atom. The van der Waals surface area contributed by atoms with E-state index < -0.39 is 24.3 Å². The minimum absolute atomic E-state index is 0.00279. The summed E-state index contributed by atoms with van der Waals surface area (Å²) in [6.07, 6.45) is -4.50. The number of benzene rings is 2. The molecule has 0 aliphatic heterocycles. The maximum Gasteiger partial charge on any atom is 0.416 e. The Morgan fingerprint density at radius 3 is 2.48 bits per heavy atom. The van der Waals surface area contributed by atoms with Gasteiger partial charge in [-0.05, 0) is 30.3 Å². The summed E-state index contributed by atoms with van der Waals surface area (Å²) >= 11 is 0. The summed E-state index contributed by atoms with van der Waals surface area (Å²) in [7, 11) is 1.46. The topological polar surface area (TPSA) is 67.4 Å². The fraction of sp³-hybridized carbons (Fsp3) is 0.176. The molecule has 132 valence electrons. The first-order valence-electron chi connectivity index (χ1n) is 7.22. The molecule has 2 rings (SSSR count). The van der Waals surface area contributed by atoms with Crippen LogP contribution in [0.5, 0.6) is 5.75 Å². The molecule has 0 aliphatic rings. The first-order valence-corrected chi connectivity index (χ1v) is 7.22. The Hall–Kier alpha value is -3.03. The minimum atomic E-state index is -4.50. The van der Waals surface area contributed by atoms with E-state index in [-0.39, 0.29) is 22.9 Å². The second-order valence-corrected chi connectivity index (χ2v) is 4.99. The number of nitrogens with one attached hydrogen (secondary N) is 2. The van der Waals surface area contributed by atoms with Gasteiger partial charge >= 0.3 is 6.18 Å². The summed E-state index contributed by atoms with van der Waals surface area (Å²) < 4.78 is 43.3. The largest absolute Gasteiger partial charge is 0.483 e. The molecule has 0 atom stereocenters. The minimum Gasteiger partial charge on any atom is -0.483 e. The number of hydrogen-bond donors (Lipinski definition) is 2. The van der Waals surface area contributed by atoms with Gasteiger partial charge in [0, 0.05) is 12.7 Å². The lowest BCUT2D eigenvalue weighted by Gasteiger charge is -2.12. The maximum atomic E-state index is 12.7. The lowest BCUT2D eigenvalue weighted by molar-refractivity contribution is -0.137. The number of carbonyl (C=O) groups excluding carboxylic acids is 2. The van der Waals surface area contributed by atoms with Crippen LogP contribution in [0.4, 0.5) is 18.9 Å². The molecule has 0 aromatic heterocycles. The zero-order chi connectivity index (χ0) is 18.4. The van der Waals surface area contributed by atoms with Crippen LogP contribution in [-0.4, -0.2) is 25.5 Å². The predicted molar refractivity (Wildman–Crippen MR) is 85.4 cm³/mol. The molecule has 0 heterocycles. The Morgan fingerprint density at radius 2 is 1.80 bits per heavy atom. The molecule has 5 nitrogen and oxygen atoms in total. The number of amides is 2. The number of anilines is 1. The molecule has 0 radical (unpaired) electrons. The highest BCUT2D eigenvalue weighted by molar-refractivity contribution is 5.97. The van der Waals surface area contributed by atoms with Crippen LogP contribution >= 0.6 is 0 Å². The highest BCUT2D eigenvalue weighted by Crippen LogP contribution is 2.30. The van der Waals surface area contributed by atoms with Gasteiger partial charge in [-0.15, -0.1) is 0 Å². The third-order valence-corrected chi connectivity index (χ3v) is 3.19. The molecule has 0 spiro atoms. The van der Waals surface area contributed by atoms with E-state index >= 15 is 0 Å². The molecular formula is C17H15F3N2O3. The van der Waals surface area contributed by atoms with Gasteiger partial charge in [0.2, 0.25) is 0 Å². The second-order valence-electron chi connectivity index (χ2n) is 4.99. The van der Waals surface area contributed by atoms with E-state index in [9.17, 15) is 22.8 Å². The Bertz CT molecular complexity index is 776. The summed E-state index contributed by atoms with van der Waals surface area (Å²) in [5.41, 5.74) is -0.615. The smallest absolute Gasteiger partial charge is 0.416 e. The van der Waals surface area contributed by atoms with Crippen molar-refractivity contribution in [2.75, 3.05) is 19.0 Å².